The number of carbonyl (C=O) groups is 8. The third-order valence-electron chi connectivity index (χ3n) is 16.4. The number of nitrogens with zero attached hydrogens (tertiary/aromatic N) is 2. The highest BCUT2D eigenvalue weighted by atomic mass is 16.6. The molecular formula is C61H69N5O17. The first-order valence-electron chi connectivity index (χ1n) is 27.2. The fraction of sp³-hybridized carbons (Fsp3) is 0.426. The van der Waals surface area contributed by atoms with Crippen molar-refractivity contribution >= 4 is 64.7 Å². The second kappa shape index (κ2) is 24.6. The largest absolute Gasteiger partial charge is 0.456 e. The summed E-state index contributed by atoms with van der Waals surface area (Å²) in [7, 11) is 1.25. The normalized spacial score (nSPS) is 26.4. The Morgan fingerprint density at radius 2 is 1.45 bits per heavy atom. The lowest BCUT2D eigenvalue weighted by molar-refractivity contribution is -0.346. The molecule has 5 aromatic rings. The Morgan fingerprint density at radius 1 is 0.831 bits per heavy atom. The van der Waals surface area contributed by atoms with Crippen LogP contribution in [0.25, 0.3) is 11.0 Å². The van der Waals surface area contributed by atoms with Crippen LogP contribution in [0, 0.1) is 16.7 Å². The van der Waals surface area contributed by atoms with Crippen molar-refractivity contribution < 1.29 is 82.1 Å². The van der Waals surface area contributed by atoms with Crippen molar-refractivity contribution in [1.82, 2.24) is 20.2 Å². The van der Waals surface area contributed by atoms with Gasteiger partial charge in [-0.05, 0) is 73.4 Å². The predicted octanol–water partition coefficient (Wildman–Crippen LogP) is 6.31. The Bertz CT molecular complexity index is 3300. The van der Waals surface area contributed by atoms with Gasteiger partial charge in [0, 0.05) is 44.2 Å². The maximum atomic E-state index is 15.5. The zero-order valence-corrected chi connectivity index (χ0v) is 47.3. The minimum Gasteiger partial charge on any atom is -0.456 e. The topological polar surface area (TPSA) is 307 Å². The number of methoxy groups -OCH3 is 1. The molecule has 11 atom stereocenters. The zero-order chi connectivity index (χ0) is 60.2. The number of aliphatic hydroxyl groups is 3. The minimum atomic E-state index is -2.39. The second-order valence-corrected chi connectivity index (χ2v) is 21.8. The lowest BCUT2D eigenvalue weighted by Crippen LogP contribution is -2.82. The van der Waals surface area contributed by atoms with Crippen LogP contribution in [-0.2, 0) is 47.6 Å². The van der Waals surface area contributed by atoms with E-state index in [1.807, 2.05) is 19.1 Å². The number of ketones is 1. The average molecular weight is 1140 g/mol. The first-order chi connectivity index (χ1) is 39.4. The van der Waals surface area contributed by atoms with Gasteiger partial charge >= 0.3 is 36.0 Å². The zero-order valence-electron chi connectivity index (χ0n) is 47.3. The third-order valence-corrected chi connectivity index (χ3v) is 16.4. The van der Waals surface area contributed by atoms with E-state index in [4.69, 9.17) is 23.7 Å². The Balaban J connectivity index is 0.000000359. The van der Waals surface area contributed by atoms with Gasteiger partial charge in [0.2, 0.25) is 5.95 Å². The SMILES string of the molecule is CC(=O)O[C@H]1C(=O)[C@@]2(C)[C@H]([C@H](OC(=O)c3ccccc3)[C@]3(O)C[C@H](OC(=O)[C@H](O)[C@@H](NC(=O)c4ccccc4)c4ccccc4)C(C)=C1C3(C)C)[C@]1(OC(C)=O)CO[C@@H]1C[C@@H]2O.CCCCNC(=O)n1c(NC(=O)OC)nc2ccccc21. The van der Waals surface area contributed by atoms with Crippen molar-refractivity contribution in [2.24, 2.45) is 16.7 Å². The quantitative estimate of drug-likeness (QED) is 0.0307. The highest BCUT2D eigenvalue weighted by Gasteiger charge is 2.78. The van der Waals surface area contributed by atoms with Crippen LogP contribution in [0.15, 0.2) is 126 Å². The fourth-order valence-electron chi connectivity index (χ4n) is 12.1. The van der Waals surface area contributed by atoms with Crippen LogP contribution < -0.4 is 16.0 Å². The van der Waals surface area contributed by atoms with Gasteiger partial charge in [-0.2, -0.15) is 0 Å². The van der Waals surface area contributed by atoms with Gasteiger partial charge in [0.15, 0.2) is 23.6 Å². The number of aliphatic hydroxyl groups excluding tert-OH is 2. The van der Waals surface area contributed by atoms with Gasteiger partial charge in [-0.3, -0.25) is 24.5 Å². The number of benzene rings is 4. The average Bonchev–Trinajstić information content (AvgIpc) is 1.07. The van der Waals surface area contributed by atoms with Crippen LogP contribution in [0.3, 0.4) is 0 Å². The number of imidazole rings is 1. The van der Waals surface area contributed by atoms with Crippen LogP contribution in [0.1, 0.15) is 106 Å². The number of hydrogen-bond donors (Lipinski definition) is 6. The van der Waals surface area contributed by atoms with Gasteiger partial charge in [0.25, 0.3) is 5.91 Å². The maximum Gasteiger partial charge on any atom is 0.413 e. The highest BCUT2D eigenvalue weighted by molar-refractivity contribution is 5.98. The molecule has 2 saturated carbocycles. The van der Waals surface area contributed by atoms with E-state index in [1.54, 1.807) is 105 Å². The highest BCUT2D eigenvalue weighted by Crippen LogP contribution is 2.64. The van der Waals surface area contributed by atoms with E-state index in [1.165, 1.54) is 37.7 Å². The fourth-order valence-corrected chi connectivity index (χ4v) is 12.1. The van der Waals surface area contributed by atoms with Crippen LogP contribution in [0.2, 0.25) is 0 Å². The molecule has 1 aromatic heterocycles. The second-order valence-electron chi connectivity index (χ2n) is 21.8. The van der Waals surface area contributed by atoms with Gasteiger partial charge in [-0.25, -0.2) is 28.7 Å². The summed E-state index contributed by atoms with van der Waals surface area (Å²) in [4.78, 5) is 111. The lowest BCUT2D eigenvalue weighted by Gasteiger charge is -2.67. The van der Waals surface area contributed by atoms with E-state index in [2.05, 4.69) is 25.7 Å². The smallest absolute Gasteiger partial charge is 0.413 e. The summed E-state index contributed by atoms with van der Waals surface area (Å²) in [5, 5.41) is 45.5. The number of Topliss-reactive ketones (excluding diaryl/α,β-unsaturated/α-hetero) is 1. The van der Waals surface area contributed by atoms with Crippen LogP contribution in [0.5, 0.6) is 0 Å². The molecule has 9 rings (SSSR count). The molecule has 3 amide bonds. The Morgan fingerprint density at radius 3 is 2.04 bits per heavy atom. The summed E-state index contributed by atoms with van der Waals surface area (Å²) in [5.41, 5.74) is -5.78. The number of aromatic nitrogens is 2. The van der Waals surface area contributed by atoms with Crippen LogP contribution in [-0.4, -0.2) is 141 Å². The standard InChI is InChI=1S/C47H51NO14.C14H18N4O3/c1-25-31(60-43(56)36(52)35(28-16-10-7-11-17-28)48-41(54)29-18-12-8-13-19-29)23-47(57)40(61-42(55)30-20-14-9-15-21-30)38-45(6,32(51)22-33-46(38,24-58-33)62-27(3)50)39(53)37(59-26(2)49)34(25)44(47,4)5;1-3-4-9-15-13(19)18-11-8-6-5-7-10(11)16-12(18)17-14(20)21-2/h7-21,31-33,35-38,40,51-52,57H,22-24H2,1-6H3,(H,48,54);5-8H,3-4,9H2,1-2H3,(H,15,19)(H,16,17,20)/t31-,32-,33+,35-,36+,37+,38-,40-,45+,46-,47+;/m0./s1. The lowest BCUT2D eigenvalue weighted by atomic mass is 9.44. The van der Waals surface area contributed by atoms with Crippen LogP contribution >= 0.6 is 0 Å². The number of rotatable bonds is 14. The Kier molecular flexibility index (Phi) is 18.0. The summed E-state index contributed by atoms with van der Waals surface area (Å²) < 4.78 is 36.2. The number of esters is 4. The van der Waals surface area contributed by atoms with Crippen molar-refractivity contribution in [3.8, 4) is 0 Å². The van der Waals surface area contributed by atoms with E-state index in [0.717, 1.165) is 26.7 Å². The molecule has 1 aliphatic heterocycles. The summed E-state index contributed by atoms with van der Waals surface area (Å²) in [6, 6.07) is 29.8. The summed E-state index contributed by atoms with van der Waals surface area (Å²) >= 11 is 0. The first kappa shape index (κ1) is 60.8. The van der Waals surface area contributed by atoms with E-state index >= 15 is 4.79 Å². The minimum absolute atomic E-state index is 0.00289. The van der Waals surface area contributed by atoms with Gasteiger partial charge in [-0.1, -0.05) is 106 Å². The molecule has 6 N–H and O–H groups in total. The summed E-state index contributed by atoms with van der Waals surface area (Å²) in [6.07, 6.45) is -9.31. The molecule has 0 spiro atoms. The van der Waals surface area contributed by atoms with Gasteiger partial charge in [-0.15, -0.1) is 0 Å². The summed E-state index contributed by atoms with van der Waals surface area (Å²) in [6.45, 7) is 10.6. The number of ether oxygens (including phenoxy) is 6. The number of amides is 3. The number of unbranched alkanes of at least 4 members (excludes halogenated alkanes) is 1. The molecule has 3 fully saturated rings. The van der Waals surface area contributed by atoms with Crippen molar-refractivity contribution in [1.29, 1.82) is 0 Å². The number of nitrogens with one attached hydrogen (secondary N) is 3. The monoisotopic (exact) mass is 1140 g/mol. The molecule has 3 aliphatic carbocycles. The van der Waals surface area contributed by atoms with Gasteiger partial charge < -0.3 is 54.4 Å². The molecule has 0 unspecified atom stereocenters. The predicted molar refractivity (Wildman–Crippen MR) is 297 cm³/mol. The van der Waals surface area contributed by atoms with Crippen molar-refractivity contribution in [3.63, 3.8) is 0 Å². The molecule has 4 aliphatic rings. The number of fused-ring (bicyclic) bond motifs is 6. The number of anilines is 1. The van der Waals surface area contributed by atoms with Crippen molar-refractivity contribution in [2.75, 3.05) is 25.6 Å². The van der Waals surface area contributed by atoms with Crippen LogP contribution in [0.4, 0.5) is 15.5 Å². The molecule has 2 bridgehead atoms. The Labute approximate surface area is 478 Å². The molecule has 22 heteroatoms. The molecule has 440 valence electrons. The van der Waals surface area contributed by atoms with Crippen molar-refractivity contribution in [3.05, 3.63) is 143 Å². The van der Waals surface area contributed by atoms with Gasteiger partial charge in [0.1, 0.15) is 23.9 Å². The number of para-hydroxylation sites is 2. The molecule has 2 heterocycles. The molecular weight excluding hydrogens is 1070 g/mol. The number of carbonyl (C=O) groups excluding carboxylic acids is 8. The Hall–Kier alpha value is -8.31. The van der Waals surface area contributed by atoms with Gasteiger partial charge in [0.05, 0.1) is 53.8 Å². The summed E-state index contributed by atoms with van der Waals surface area (Å²) in [5.74, 6) is -6.71. The van der Waals surface area contributed by atoms with E-state index in [-0.39, 0.29) is 47.3 Å². The third kappa shape index (κ3) is 11.6. The molecule has 0 radical (unpaired) electrons. The molecule has 83 heavy (non-hydrogen) atoms. The van der Waals surface area contributed by atoms with E-state index in [0.29, 0.717) is 23.1 Å². The first-order valence-corrected chi connectivity index (χ1v) is 27.2. The van der Waals surface area contributed by atoms with Crippen molar-refractivity contribution in [2.45, 2.75) is 128 Å². The number of hydrogen-bond acceptors (Lipinski definition) is 18. The molecule has 4 aromatic carbocycles. The maximum absolute atomic E-state index is 15.5. The molecule has 1 saturated heterocycles. The van der Waals surface area contributed by atoms with E-state index in [9.17, 15) is 48.9 Å². The molecule has 22 nitrogen and oxygen atoms in total. The van der Waals surface area contributed by atoms with E-state index < -0.39 is 119 Å².